The molecule has 120 valence electrons. The molecule has 0 radical (unpaired) electrons. The van der Waals surface area contributed by atoms with Crippen molar-refractivity contribution in [1.82, 2.24) is 0 Å². The van der Waals surface area contributed by atoms with Gasteiger partial charge in [-0.25, -0.2) is 0 Å². The van der Waals surface area contributed by atoms with E-state index in [0.717, 1.165) is 16.7 Å². The van der Waals surface area contributed by atoms with E-state index in [9.17, 15) is 4.79 Å². The lowest BCUT2D eigenvalue weighted by Gasteiger charge is -2.14. The molecule has 0 aliphatic rings. The highest BCUT2D eigenvalue weighted by Crippen LogP contribution is 2.26. The average molecular weight is 310 g/mol. The summed E-state index contributed by atoms with van der Waals surface area (Å²) >= 11 is 0. The maximum atomic E-state index is 11.6. The Labute approximate surface area is 137 Å². The van der Waals surface area contributed by atoms with Gasteiger partial charge in [-0.05, 0) is 41.7 Å². The maximum absolute atomic E-state index is 11.6. The molecule has 0 saturated heterocycles. The monoisotopic (exact) mass is 310 g/mol. The number of amides is 1. The second-order valence-electron chi connectivity index (χ2n) is 5.67. The Bertz CT molecular complexity index is 751. The van der Waals surface area contributed by atoms with Gasteiger partial charge in [0.1, 0.15) is 7.11 Å². The van der Waals surface area contributed by atoms with Gasteiger partial charge in [0.05, 0.1) is 0 Å². The van der Waals surface area contributed by atoms with Crippen LogP contribution in [0.25, 0.3) is 11.1 Å². The van der Waals surface area contributed by atoms with Crippen molar-refractivity contribution in [3.8, 4) is 11.1 Å². The molecule has 1 amide bonds. The molecule has 0 fully saturated rings. The summed E-state index contributed by atoms with van der Waals surface area (Å²) in [6.07, 6.45) is 0. The molecule has 4 nitrogen and oxygen atoms in total. The molecule has 2 N–H and O–H groups in total. The van der Waals surface area contributed by atoms with Gasteiger partial charge in [-0.2, -0.15) is 0 Å². The third-order valence-corrected chi connectivity index (χ3v) is 4.08. The fourth-order valence-electron chi connectivity index (χ4n) is 2.50. The molecule has 2 aromatic carbocycles. The minimum Gasteiger partial charge on any atom is -0.399 e. The number of carbonyl (C=O) groups excluding carboxylic acids is 1. The van der Waals surface area contributed by atoms with Crippen molar-refractivity contribution in [2.75, 3.05) is 7.11 Å². The van der Waals surface area contributed by atoms with Crippen molar-refractivity contribution < 1.29 is 9.63 Å². The lowest BCUT2D eigenvalue weighted by Crippen LogP contribution is -2.28. The third-order valence-electron chi connectivity index (χ3n) is 4.08. The minimum atomic E-state index is -0.573. The molecule has 0 heterocycles. The van der Waals surface area contributed by atoms with Crippen LogP contribution in [0.5, 0.6) is 0 Å². The van der Waals surface area contributed by atoms with Crippen molar-refractivity contribution in [1.29, 1.82) is 0 Å². The Morgan fingerprint density at radius 3 is 2.39 bits per heavy atom. The number of carbonyl (C=O) groups is 1. The first-order chi connectivity index (χ1) is 10.9. The fraction of sp³-hybridized carbons (Fsp3) is 0.263. The summed E-state index contributed by atoms with van der Waals surface area (Å²) in [6, 6.07) is 14.4. The molecule has 0 spiro atoms. The first-order valence-corrected chi connectivity index (χ1v) is 7.52. The summed E-state index contributed by atoms with van der Waals surface area (Å²) in [7, 11) is 1.40. The number of rotatable bonds is 5. The molecule has 0 aliphatic heterocycles. The van der Waals surface area contributed by atoms with Gasteiger partial charge in [-0.3, -0.25) is 4.79 Å². The number of hydrogen-bond acceptors (Lipinski definition) is 3. The largest absolute Gasteiger partial charge is 0.399 e. The van der Waals surface area contributed by atoms with E-state index in [1.165, 1.54) is 18.2 Å². The number of hydrogen-bond donors (Lipinski definition) is 1. The van der Waals surface area contributed by atoms with Crippen LogP contribution in [0.4, 0.5) is 0 Å². The van der Waals surface area contributed by atoms with Crippen LogP contribution in [0.1, 0.15) is 29.5 Å². The summed E-state index contributed by atoms with van der Waals surface area (Å²) in [6.45, 7) is 6.09. The molecule has 2 rings (SSSR count). The van der Waals surface area contributed by atoms with Crippen LogP contribution in [0, 0.1) is 13.8 Å². The van der Waals surface area contributed by atoms with E-state index >= 15 is 0 Å². The Hall–Kier alpha value is -2.62. The zero-order chi connectivity index (χ0) is 17.0. The van der Waals surface area contributed by atoms with Gasteiger partial charge in [-0.15, -0.1) is 0 Å². The van der Waals surface area contributed by atoms with E-state index in [4.69, 9.17) is 10.6 Å². The van der Waals surface area contributed by atoms with Gasteiger partial charge in [0.25, 0.3) is 5.91 Å². The highest BCUT2D eigenvalue weighted by atomic mass is 16.6. The lowest BCUT2D eigenvalue weighted by molar-refractivity contribution is -0.112. The second-order valence-corrected chi connectivity index (χ2v) is 5.67. The smallest absolute Gasteiger partial charge is 0.267 e. The number of nitrogens with zero attached hydrogens (tertiary/aromatic N) is 1. The molecular formula is C19H22N2O2. The molecule has 1 unspecified atom stereocenters. The summed E-state index contributed by atoms with van der Waals surface area (Å²) in [5.74, 6) is -0.810. The van der Waals surface area contributed by atoms with E-state index in [-0.39, 0.29) is 11.6 Å². The van der Waals surface area contributed by atoms with Crippen LogP contribution in [0.3, 0.4) is 0 Å². The number of benzene rings is 2. The molecule has 1 atom stereocenters. The van der Waals surface area contributed by atoms with Crippen molar-refractivity contribution in [3.63, 3.8) is 0 Å². The highest BCUT2D eigenvalue weighted by Gasteiger charge is 2.19. The van der Waals surface area contributed by atoms with E-state index in [1.54, 1.807) is 0 Å². The molecule has 0 aliphatic carbocycles. The zero-order valence-corrected chi connectivity index (χ0v) is 14.0. The van der Waals surface area contributed by atoms with Gasteiger partial charge >= 0.3 is 0 Å². The lowest BCUT2D eigenvalue weighted by atomic mass is 9.92. The van der Waals surface area contributed by atoms with Crippen LogP contribution in [0.2, 0.25) is 0 Å². The van der Waals surface area contributed by atoms with Crippen LogP contribution in [0.15, 0.2) is 47.6 Å². The first kappa shape index (κ1) is 16.7. The third kappa shape index (κ3) is 3.77. The van der Waals surface area contributed by atoms with Gasteiger partial charge in [0.2, 0.25) is 0 Å². The fourth-order valence-corrected chi connectivity index (χ4v) is 2.50. The molecule has 2 aromatic rings. The number of aryl methyl sites for hydroxylation is 2. The molecule has 4 heteroatoms. The molecule has 0 aromatic heterocycles. The Morgan fingerprint density at radius 2 is 1.78 bits per heavy atom. The summed E-state index contributed by atoms with van der Waals surface area (Å²) in [4.78, 5) is 16.3. The topological polar surface area (TPSA) is 64.7 Å². The normalized spacial score (nSPS) is 12.8. The first-order valence-electron chi connectivity index (χ1n) is 7.52. The van der Waals surface area contributed by atoms with E-state index in [2.05, 4.69) is 49.3 Å². The van der Waals surface area contributed by atoms with Gasteiger partial charge in [0, 0.05) is 5.92 Å². The minimum absolute atomic E-state index is 0.213. The second kappa shape index (κ2) is 7.09. The summed E-state index contributed by atoms with van der Waals surface area (Å²) in [5.41, 5.74) is 11.3. The van der Waals surface area contributed by atoms with Crippen LogP contribution in [-0.4, -0.2) is 18.7 Å². The summed E-state index contributed by atoms with van der Waals surface area (Å²) < 4.78 is 0. The van der Waals surface area contributed by atoms with E-state index < -0.39 is 5.91 Å². The van der Waals surface area contributed by atoms with Crippen molar-refractivity contribution in [2.45, 2.75) is 26.7 Å². The standard InChI is InChI=1S/C19H22N2O2/c1-12-8-9-17(10-13(12)2)16-7-5-6-15(11-16)14(3)18(19(20)22)21-23-4/h5-11,14H,1-4H3,(H2,20,22). The quantitative estimate of drug-likeness (QED) is 0.678. The van der Waals surface area contributed by atoms with Crippen LogP contribution < -0.4 is 5.73 Å². The summed E-state index contributed by atoms with van der Waals surface area (Å²) in [5, 5.41) is 3.77. The zero-order valence-electron chi connectivity index (χ0n) is 14.0. The van der Waals surface area contributed by atoms with Crippen molar-refractivity contribution >= 4 is 11.6 Å². The van der Waals surface area contributed by atoms with Gasteiger partial charge in [0.15, 0.2) is 5.71 Å². The number of nitrogens with two attached hydrogens (primary N) is 1. The predicted molar refractivity (Wildman–Crippen MR) is 93.4 cm³/mol. The molecular weight excluding hydrogens is 288 g/mol. The predicted octanol–water partition coefficient (Wildman–Crippen LogP) is 3.56. The molecule has 0 saturated carbocycles. The number of oxime groups is 1. The maximum Gasteiger partial charge on any atom is 0.267 e. The Morgan fingerprint density at radius 1 is 1.09 bits per heavy atom. The van der Waals surface area contributed by atoms with Crippen LogP contribution in [-0.2, 0) is 9.63 Å². The molecule has 23 heavy (non-hydrogen) atoms. The van der Waals surface area contributed by atoms with Crippen molar-refractivity contribution in [2.24, 2.45) is 10.9 Å². The molecule has 0 bridgehead atoms. The average Bonchev–Trinajstić information content (AvgIpc) is 2.54. The Kier molecular flexibility index (Phi) is 5.16. The van der Waals surface area contributed by atoms with Crippen LogP contribution >= 0.6 is 0 Å². The number of primary amides is 1. The Balaban J connectivity index is 2.41. The van der Waals surface area contributed by atoms with E-state index in [1.807, 2.05) is 19.1 Å². The van der Waals surface area contributed by atoms with Crippen molar-refractivity contribution in [3.05, 3.63) is 59.2 Å². The van der Waals surface area contributed by atoms with E-state index in [0.29, 0.717) is 0 Å². The SMILES string of the molecule is CON=C(C(N)=O)C(C)c1cccc(-c2ccc(C)c(C)c2)c1. The highest BCUT2D eigenvalue weighted by molar-refractivity contribution is 6.40. The van der Waals surface area contributed by atoms with Gasteiger partial charge in [-0.1, -0.05) is 54.5 Å². The van der Waals surface area contributed by atoms with Gasteiger partial charge < -0.3 is 10.6 Å².